The minimum atomic E-state index is -0.934. The van der Waals surface area contributed by atoms with Gasteiger partial charge in [0, 0.05) is 0 Å². The Morgan fingerprint density at radius 1 is 1.17 bits per heavy atom. The molecule has 1 saturated heterocycles. The van der Waals surface area contributed by atoms with Gasteiger partial charge in [0.05, 0.1) is 12.0 Å². The minimum Gasteiger partial charge on any atom is -0.461 e. The number of anilines is 1. The van der Waals surface area contributed by atoms with Gasteiger partial charge in [-0.1, -0.05) is 17.7 Å². The van der Waals surface area contributed by atoms with E-state index in [2.05, 4.69) is 10.5 Å². The topological polar surface area (TPSA) is 92.0 Å². The Morgan fingerprint density at radius 2 is 1.92 bits per heavy atom. The second-order valence-corrected chi connectivity index (χ2v) is 5.74. The normalized spacial score (nSPS) is 22.4. The van der Waals surface area contributed by atoms with Crippen molar-refractivity contribution in [3.8, 4) is 0 Å². The molecule has 4 rings (SSSR count). The van der Waals surface area contributed by atoms with Gasteiger partial charge in [-0.05, 0) is 31.2 Å². The summed E-state index contributed by atoms with van der Waals surface area (Å²) in [6.45, 7) is 1.92. The fourth-order valence-electron chi connectivity index (χ4n) is 2.96. The molecule has 2 amide bonds. The SMILES string of the molecule is Cc1ccc(N2C(=O)C3NN=C(C(=O)c4ccco4)C3C2=O)cc1. The zero-order valence-corrected chi connectivity index (χ0v) is 12.7. The van der Waals surface area contributed by atoms with Crippen LogP contribution in [0.25, 0.3) is 0 Å². The number of ketones is 1. The van der Waals surface area contributed by atoms with Crippen molar-refractivity contribution in [2.45, 2.75) is 13.0 Å². The van der Waals surface area contributed by atoms with Crippen LogP contribution in [0.4, 0.5) is 5.69 Å². The largest absolute Gasteiger partial charge is 0.461 e. The monoisotopic (exact) mass is 323 g/mol. The number of nitrogens with zero attached hydrogens (tertiary/aromatic N) is 2. The molecular weight excluding hydrogens is 310 g/mol. The molecule has 1 aromatic heterocycles. The molecule has 0 radical (unpaired) electrons. The quantitative estimate of drug-likeness (QED) is 0.679. The third-order valence-electron chi connectivity index (χ3n) is 4.19. The van der Waals surface area contributed by atoms with Crippen LogP contribution in [0.15, 0.2) is 52.2 Å². The number of fused-ring (bicyclic) bond motifs is 1. The van der Waals surface area contributed by atoms with Crippen LogP contribution in [0.2, 0.25) is 0 Å². The van der Waals surface area contributed by atoms with E-state index in [0.717, 1.165) is 10.5 Å². The molecule has 3 heterocycles. The summed E-state index contributed by atoms with van der Waals surface area (Å²) in [6.07, 6.45) is 1.37. The van der Waals surface area contributed by atoms with Gasteiger partial charge in [-0.25, -0.2) is 4.90 Å². The van der Waals surface area contributed by atoms with Crippen molar-refractivity contribution < 1.29 is 18.8 Å². The molecule has 1 aromatic carbocycles. The zero-order chi connectivity index (χ0) is 16.8. The van der Waals surface area contributed by atoms with E-state index in [0.29, 0.717) is 5.69 Å². The van der Waals surface area contributed by atoms with Crippen molar-refractivity contribution in [1.29, 1.82) is 0 Å². The maximum absolute atomic E-state index is 12.8. The van der Waals surface area contributed by atoms with Crippen molar-refractivity contribution in [1.82, 2.24) is 5.43 Å². The van der Waals surface area contributed by atoms with Crippen LogP contribution < -0.4 is 10.3 Å². The van der Waals surface area contributed by atoms with E-state index >= 15 is 0 Å². The van der Waals surface area contributed by atoms with Crippen LogP contribution in [-0.2, 0) is 9.59 Å². The minimum absolute atomic E-state index is 0.00270. The molecular formula is C17H13N3O4. The lowest BCUT2D eigenvalue weighted by Gasteiger charge is -2.15. The van der Waals surface area contributed by atoms with Crippen molar-refractivity contribution >= 4 is 29.0 Å². The van der Waals surface area contributed by atoms with E-state index in [4.69, 9.17) is 4.42 Å². The van der Waals surface area contributed by atoms with Crippen LogP contribution in [0.5, 0.6) is 0 Å². The Balaban J connectivity index is 1.67. The first-order valence-corrected chi connectivity index (χ1v) is 7.43. The first-order valence-electron chi connectivity index (χ1n) is 7.43. The summed E-state index contributed by atoms with van der Waals surface area (Å²) >= 11 is 0. The first-order chi connectivity index (χ1) is 11.6. The number of nitrogens with one attached hydrogen (secondary N) is 1. The van der Waals surface area contributed by atoms with Crippen molar-refractivity contribution in [2.24, 2.45) is 11.0 Å². The maximum atomic E-state index is 12.8. The maximum Gasteiger partial charge on any atom is 0.259 e. The van der Waals surface area contributed by atoms with Crippen molar-refractivity contribution in [3.05, 3.63) is 54.0 Å². The standard InChI is InChI=1S/C17H13N3O4/c1-9-4-6-10(7-5-9)20-16(22)12-13(18-19-14(12)17(20)23)15(21)11-3-2-8-24-11/h2-8,12,14,19H,1H3. The van der Waals surface area contributed by atoms with Gasteiger partial charge in [0.15, 0.2) is 5.76 Å². The number of benzene rings is 1. The fourth-order valence-corrected chi connectivity index (χ4v) is 2.96. The first kappa shape index (κ1) is 14.4. The van der Waals surface area contributed by atoms with Gasteiger partial charge < -0.3 is 4.42 Å². The predicted octanol–water partition coefficient (Wildman–Crippen LogP) is 1.29. The average Bonchev–Trinajstić information content (AvgIpc) is 3.29. The van der Waals surface area contributed by atoms with Crippen LogP contribution in [0.3, 0.4) is 0 Å². The molecule has 0 bridgehead atoms. The molecule has 1 fully saturated rings. The molecule has 2 aliphatic heterocycles. The number of carbonyl (C=O) groups is 3. The van der Waals surface area contributed by atoms with E-state index in [1.807, 2.05) is 19.1 Å². The molecule has 7 heteroatoms. The number of hydrogen-bond donors (Lipinski definition) is 1. The molecule has 2 atom stereocenters. The number of imide groups is 1. The number of hydrazone groups is 1. The van der Waals surface area contributed by atoms with Crippen molar-refractivity contribution in [2.75, 3.05) is 4.90 Å². The molecule has 24 heavy (non-hydrogen) atoms. The molecule has 2 unspecified atom stereocenters. The number of furan rings is 1. The van der Waals surface area contributed by atoms with E-state index in [-0.39, 0.29) is 11.5 Å². The van der Waals surface area contributed by atoms with E-state index < -0.39 is 29.6 Å². The zero-order valence-electron chi connectivity index (χ0n) is 12.7. The summed E-state index contributed by atoms with van der Waals surface area (Å²) in [4.78, 5) is 38.9. The smallest absolute Gasteiger partial charge is 0.259 e. The molecule has 2 aliphatic rings. The highest BCUT2D eigenvalue weighted by Gasteiger charge is 2.55. The van der Waals surface area contributed by atoms with Gasteiger partial charge in [-0.15, -0.1) is 0 Å². The number of carbonyl (C=O) groups excluding carboxylic acids is 3. The molecule has 0 spiro atoms. The third kappa shape index (κ3) is 1.98. The predicted molar refractivity (Wildman–Crippen MR) is 84.6 cm³/mol. The number of rotatable bonds is 3. The second-order valence-electron chi connectivity index (χ2n) is 5.74. The molecule has 0 aliphatic carbocycles. The lowest BCUT2D eigenvalue weighted by Crippen LogP contribution is -2.36. The van der Waals surface area contributed by atoms with Gasteiger partial charge in [-0.2, -0.15) is 5.10 Å². The highest BCUT2D eigenvalue weighted by atomic mass is 16.3. The number of amides is 2. The molecule has 2 aromatic rings. The molecule has 7 nitrogen and oxygen atoms in total. The van der Waals surface area contributed by atoms with Gasteiger partial charge in [0.1, 0.15) is 17.7 Å². The second kappa shape index (κ2) is 5.16. The summed E-state index contributed by atoms with van der Waals surface area (Å²) in [5.74, 6) is -2.22. The number of aryl methyl sites for hydroxylation is 1. The van der Waals surface area contributed by atoms with Crippen LogP contribution in [0, 0.1) is 12.8 Å². The van der Waals surface area contributed by atoms with Crippen LogP contribution in [0.1, 0.15) is 16.1 Å². The molecule has 120 valence electrons. The van der Waals surface area contributed by atoms with E-state index in [1.165, 1.54) is 12.3 Å². The van der Waals surface area contributed by atoms with E-state index in [9.17, 15) is 14.4 Å². The van der Waals surface area contributed by atoms with Gasteiger partial charge in [-0.3, -0.25) is 19.8 Å². The molecule has 0 saturated carbocycles. The number of Topliss-reactive ketones (excluding diaryl/α,β-unsaturated/α-hetero) is 1. The van der Waals surface area contributed by atoms with Crippen LogP contribution >= 0.6 is 0 Å². The number of hydrogen-bond acceptors (Lipinski definition) is 6. The molecule has 1 N–H and O–H groups in total. The summed E-state index contributed by atoms with van der Waals surface area (Å²) in [7, 11) is 0. The van der Waals surface area contributed by atoms with Gasteiger partial charge >= 0.3 is 0 Å². The fraction of sp³-hybridized carbons (Fsp3) is 0.176. The lowest BCUT2D eigenvalue weighted by atomic mass is 9.95. The highest BCUT2D eigenvalue weighted by molar-refractivity contribution is 6.52. The highest BCUT2D eigenvalue weighted by Crippen LogP contribution is 2.31. The summed E-state index contributed by atoms with van der Waals surface area (Å²) < 4.78 is 5.07. The van der Waals surface area contributed by atoms with Crippen molar-refractivity contribution in [3.63, 3.8) is 0 Å². The Kier molecular flexibility index (Phi) is 3.09. The average molecular weight is 323 g/mol. The summed E-state index contributed by atoms with van der Waals surface area (Å²) in [5, 5.41) is 3.91. The third-order valence-corrected chi connectivity index (χ3v) is 4.19. The van der Waals surface area contributed by atoms with Gasteiger partial charge in [0.2, 0.25) is 11.7 Å². The summed E-state index contributed by atoms with van der Waals surface area (Å²) in [6, 6.07) is 9.27. The Hall–Kier alpha value is -3.22. The lowest BCUT2D eigenvalue weighted by molar-refractivity contribution is -0.122. The van der Waals surface area contributed by atoms with E-state index in [1.54, 1.807) is 18.2 Å². The summed E-state index contributed by atoms with van der Waals surface area (Å²) in [5.41, 5.74) is 4.12. The Bertz CT molecular complexity index is 868. The Labute approximate surface area is 136 Å². The van der Waals surface area contributed by atoms with Gasteiger partial charge in [0.25, 0.3) is 5.91 Å². The Morgan fingerprint density at radius 3 is 2.58 bits per heavy atom. The van der Waals surface area contributed by atoms with Crippen LogP contribution in [-0.4, -0.2) is 29.4 Å².